The molecule has 0 radical (unpaired) electrons. The van der Waals surface area contributed by atoms with Crippen molar-refractivity contribution in [2.45, 2.75) is 6.10 Å². The number of hydrogen-bond acceptors (Lipinski definition) is 1. The van der Waals surface area contributed by atoms with Crippen molar-refractivity contribution in [3.63, 3.8) is 0 Å². The Morgan fingerprint density at radius 3 is 2.33 bits per heavy atom. The van der Waals surface area contributed by atoms with Gasteiger partial charge in [-0.05, 0) is 0 Å². The highest BCUT2D eigenvalue weighted by Crippen LogP contribution is 1.78. The highest BCUT2D eigenvalue weighted by molar-refractivity contribution is 5.94. The lowest BCUT2D eigenvalue weighted by Gasteiger charge is -1.91. The van der Waals surface area contributed by atoms with Gasteiger partial charge >= 0.3 is 12.4 Å². The molecule has 0 aliphatic carbocycles. The minimum absolute atomic E-state index is 0.199. The van der Waals surface area contributed by atoms with Crippen LogP contribution in [0, 0.1) is 0 Å². The van der Waals surface area contributed by atoms with E-state index in [9.17, 15) is 0 Å². The van der Waals surface area contributed by atoms with Crippen LogP contribution in [-0.2, 0) is 4.74 Å². The van der Waals surface area contributed by atoms with Gasteiger partial charge in [0.05, 0.1) is 0 Å². The number of methoxy groups -OCH3 is 1. The van der Waals surface area contributed by atoms with Gasteiger partial charge in [0.1, 0.15) is 0 Å². The molecule has 0 unspecified atom stereocenters. The van der Waals surface area contributed by atoms with E-state index in [1.807, 2.05) is 0 Å². The number of rotatable bonds is 1. The molecule has 0 fully saturated rings. The first-order chi connectivity index (χ1) is 2.93. The van der Waals surface area contributed by atoms with Gasteiger partial charge in [-0.15, -0.1) is 4.67 Å². The molecule has 6 heavy (non-hydrogen) atoms. The van der Waals surface area contributed by atoms with Gasteiger partial charge in [0.2, 0.25) is 6.10 Å². The maximum Gasteiger partial charge on any atom is 0.308 e. The Balaban J connectivity index is 2.31. The molecule has 1 aliphatic heterocycles. The van der Waals surface area contributed by atoms with Gasteiger partial charge in [0, 0.05) is 7.11 Å². The van der Waals surface area contributed by atoms with E-state index in [1.54, 1.807) is 19.5 Å². The van der Waals surface area contributed by atoms with Gasteiger partial charge in [0.15, 0.2) is 0 Å². The largest absolute Gasteiger partial charge is 0.360 e. The normalized spacial score (nSPS) is 18.2. The van der Waals surface area contributed by atoms with Crippen LogP contribution in [-0.4, -0.2) is 25.6 Å². The predicted molar refractivity (Wildman–Crippen MR) is 25.1 cm³/mol. The molecule has 32 valence electrons. The molecule has 0 N–H and O–H groups in total. The van der Waals surface area contributed by atoms with Crippen LogP contribution < -0.4 is 4.67 Å². The van der Waals surface area contributed by atoms with E-state index in [1.165, 1.54) is 0 Å². The summed E-state index contributed by atoms with van der Waals surface area (Å²) in [6, 6.07) is 0. The van der Waals surface area contributed by atoms with E-state index in [0.717, 1.165) is 0 Å². The smallest absolute Gasteiger partial charge is 0.308 e. The molecule has 0 spiro atoms. The molecule has 0 aromatic carbocycles. The van der Waals surface area contributed by atoms with E-state index in [2.05, 4.69) is 4.67 Å². The Hall–Kier alpha value is -0.590. The summed E-state index contributed by atoms with van der Waals surface area (Å²) in [7, 11) is 1.66. The first-order valence-corrected chi connectivity index (χ1v) is 1.83. The fourth-order valence-electron chi connectivity index (χ4n) is 0.278. The van der Waals surface area contributed by atoms with Crippen molar-refractivity contribution in [2.75, 3.05) is 7.11 Å². The average Bonchev–Trinajstić information content (AvgIpc) is 1.31. The van der Waals surface area contributed by atoms with Gasteiger partial charge in [-0.25, -0.2) is 0 Å². The van der Waals surface area contributed by atoms with Gasteiger partial charge in [-0.3, -0.25) is 0 Å². The Labute approximate surface area is 36.2 Å². The van der Waals surface area contributed by atoms with E-state index in [4.69, 9.17) is 4.74 Å². The first kappa shape index (κ1) is 3.59. The summed E-state index contributed by atoms with van der Waals surface area (Å²) in [6.07, 6.45) is 3.70. The van der Waals surface area contributed by atoms with Crippen molar-refractivity contribution >= 4 is 12.4 Å². The molecule has 0 atom stereocenters. The van der Waals surface area contributed by atoms with E-state index in [0.29, 0.717) is 0 Å². The molecule has 0 aromatic rings. The van der Waals surface area contributed by atoms with Crippen LogP contribution in [0.1, 0.15) is 0 Å². The van der Waals surface area contributed by atoms with Crippen molar-refractivity contribution < 1.29 is 4.74 Å². The SMILES string of the molecule is COC1C=[N+]=C1. The van der Waals surface area contributed by atoms with Crippen LogP contribution in [0.5, 0.6) is 0 Å². The molecule has 0 saturated heterocycles. The zero-order valence-corrected chi connectivity index (χ0v) is 3.59. The lowest BCUT2D eigenvalue weighted by molar-refractivity contribution is 0.207. The lowest BCUT2D eigenvalue weighted by Crippen LogP contribution is -2.24. The second-order valence-electron chi connectivity index (χ2n) is 1.15. The Bertz CT molecular complexity index is 94.1. The van der Waals surface area contributed by atoms with Crippen molar-refractivity contribution in [3.05, 3.63) is 0 Å². The van der Waals surface area contributed by atoms with E-state index >= 15 is 0 Å². The third-order valence-corrected chi connectivity index (χ3v) is 0.738. The summed E-state index contributed by atoms with van der Waals surface area (Å²) in [4.78, 5) is 0. The summed E-state index contributed by atoms with van der Waals surface area (Å²) in [5, 5.41) is 0. The molecule has 0 bridgehead atoms. The summed E-state index contributed by atoms with van der Waals surface area (Å²) in [5.74, 6) is 0. The summed E-state index contributed by atoms with van der Waals surface area (Å²) < 4.78 is 8.48. The number of ether oxygens (including phenoxy) is 1. The van der Waals surface area contributed by atoms with Gasteiger partial charge in [-0.2, -0.15) is 0 Å². The monoisotopic (exact) mass is 84.0 g/mol. The molecule has 0 amide bonds. The number of hydrogen-bond donors (Lipinski definition) is 0. The quantitative estimate of drug-likeness (QED) is 0.382. The second kappa shape index (κ2) is 1.25. The molecule has 1 rings (SSSR count). The van der Waals surface area contributed by atoms with Crippen LogP contribution in [0.25, 0.3) is 0 Å². The fraction of sp³-hybridized carbons (Fsp3) is 0.500. The zero-order valence-electron chi connectivity index (χ0n) is 3.59. The summed E-state index contributed by atoms with van der Waals surface area (Å²) in [6.45, 7) is 0. The molecule has 0 saturated carbocycles. The molecular formula is C4H6NO+. The number of nitrogens with zero attached hydrogens (tertiary/aromatic N) is 1. The molecule has 1 heterocycles. The van der Waals surface area contributed by atoms with Crippen molar-refractivity contribution in [2.24, 2.45) is 0 Å². The van der Waals surface area contributed by atoms with Crippen LogP contribution >= 0.6 is 0 Å². The topological polar surface area (TPSA) is 23.3 Å². The zero-order chi connectivity index (χ0) is 4.41. The molecule has 2 nitrogen and oxygen atoms in total. The van der Waals surface area contributed by atoms with Crippen molar-refractivity contribution in [1.29, 1.82) is 0 Å². The van der Waals surface area contributed by atoms with Crippen molar-refractivity contribution in [3.8, 4) is 0 Å². The minimum Gasteiger partial charge on any atom is -0.360 e. The summed E-state index contributed by atoms with van der Waals surface area (Å²) >= 11 is 0. The second-order valence-corrected chi connectivity index (χ2v) is 1.15. The van der Waals surface area contributed by atoms with Gasteiger partial charge in [0.25, 0.3) is 0 Å². The molecular weight excluding hydrogens is 78.0 g/mol. The standard InChI is InChI=1S/C4H6NO/c1-6-4-2-5-3-4/h2-4H,1H3/q+1. The third kappa shape index (κ3) is 0.361. The maximum absolute atomic E-state index is 4.78. The average molecular weight is 84.1 g/mol. The highest BCUT2D eigenvalue weighted by atomic mass is 16.5. The molecule has 1 aliphatic rings. The van der Waals surface area contributed by atoms with Crippen LogP contribution in [0.2, 0.25) is 0 Å². The maximum atomic E-state index is 4.78. The Morgan fingerprint density at radius 1 is 1.67 bits per heavy atom. The van der Waals surface area contributed by atoms with Crippen LogP contribution in [0.3, 0.4) is 0 Å². The molecule has 2 heteroatoms. The Kier molecular flexibility index (Phi) is 0.748. The van der Waals surface area contributed by atoms with Crippen molar-refractivity contribution in [1.82, 2.24) is 4.67 Å². The molecule has 0 aromatic heterocycles. The Morgan fingerprint density at radius 2 is 2.33 bits per heavy atom. The minimum atomic E-state index is 0.199. The third-order valence-electron chi connectivity index (χ3n) is 0.738. The lowest BCUT2D eigenvalue weighted by atomic mass is 10.4. The van der Waals surface area contributed by atoms with Gasteiger partial charge in [-0.1, -0.05) is 0 Å². The first-order valence-electron chi connectivity index (χ1n) is 1.83. The fourth-order valence-corrected chi connectivity index (χ4v) is 0.278. The van der Waals surface area contributed by atoms with E-state index in [-0.39, 0.29) is 6.10 Å². The highest BCUT2D eigenvalue weighted by Gasteiger charge is 2.16. The van der Waals surface area contributed by atoms with Gasteiger partial charge < -0.3 is 4.74 Å². The van der Waals surface area contributed by atoms with E-state index < -0.39 is 0 Å². The predicted octanol–water partition coefficient (Wildman–Crippen LogP) is -0.776. The summed E-state index contributed by atoms with van der Waals surface area (Å²) in [5.41, 5.74) is 0. The van der Waals surface area contributed by atoms with Crippen LogP contribution in [0.15, 0.2) is 0 Å². The van der Waals surface area contributed by atoms with Crippen LogP contribution in [0.4, 0.5) is 0 Å².